The molecule has 1 saturated carbocycles. The van der Waals surface area contributed by atoms with Gasteiger partial charge >= 0.3 is 0 Å². The van der Waals surface area contributed by atoms with Crippen molar-refractivity contribution >= 4 is 0 Å². The summed E-state index contributed by atoms with van der Waals surface area (Å²) in [6.45, 7) is 2.24. The number of para-hydroxylation sites is 1. The standard InChI is InChI=1S/C25H34O2/c1-2-3-4-5-6-8-22-9-7-10-24(25(22)27)21-13-11-19(12-14-21)20-15-17-23(26)18-16-20/h7,9-10,15-19,21,26-27H,2-6,8,11-14H2,1H3. The van der Waals surface area contributed by atoms with Crippen molar-refractivity contribution in [3.8, 4) is 11.5 Å². The SMILES string of the molecule is CCCCCCCc1cccc(C2CCC(c3ccc(O)cc3)CC2)c1O. The molecule has 0 atom stereocenters. The Morgan fingerprint density at radius 3 is 2.15 bits per heavy atom. The highest BCUT2D eigenvalue weighted by Gasteiger charge is 2.25. The molecular weight excluding hydrogens is 332 g/mol. The van der Waals surface area contributed by atoms with Gasteiger partial charge in [0.1, 0.15) is 11.5 Å². The van der Waals surface area contributed by atoms with E-state index in [2.05, 4.69) is 37.3 Å². The monoisotopic (exact) mass is 366 g/mol. The highest BCUT2D eigenvalue weighted by molar-refractivity contribution is 5.43. The van der Waals surface area contributed by atoms with Crippen LogP contribution in [0.3, 0.4) is 0 Å². The molecule has 1 aliphatic rings. The lowest BCUT2D eigenvalue weighted by molar-refractivity contribution is 0.380. The maximum Gasteiger partial charge on any atom is 0.122 e. The van der Waals surface area contributed by atoms with E-state index in [9.17, 15) is 10.2 Å². The third kappa shape index (κ3) is 5.28. The van der Waals surface area contributed by atoms with E-state index in [-0.39, 0.29) is 0 Å². The molecule has 0 spiro atoms. The van der Waals surface area contributed by atoms with E-state index in [4.69, 9.17) is 0 Å². The van der Waals surface area contributed by atoms with Crippen molar-refractivity contribution in [1.29, 1.82) is 0 Å². The summed E-state index contributed by atoms with van der Waals surface area (Å²) in [6, 6.07) is 14.0. The second kappa shape index (κ2) is 9.82. The van der Waals surface area contributed by atoms with Gasteiger partial charge in [-0.1, -0.05) is 62.9 Å². The molecule has 1 fully saturated rings. The molecule has 0 heterocycles. The van der Waals surface area contributed by atoms with E-state index in [0.717, 1.165) is 43.2 Å². The third-order valence-electron chi connectivity index (χ3n) is 6.23. The lowest BCUT2D eigenvalue weighted by atomic mass is 9.75. The maximum atomic E-state index is 10.8. The summed E-state index contributed by atoms with van der Waals surface area (Å²) in [5.41, 5.74) is 3.62. The molecule has 0 amide bonds. The van der Waals surface area contributed by atoms with Crippen LogP contribution in [-0.2, 0) is 6.42 Å². The summed E-state index contributed by atoms with van der Waals surface area (Å²) in [6.07, 6.45) is 11.9. The minimum absolute atomic E-state index is 0.337. The topological polar surface area (TPSA) is 40.5 Å². The number of aromatic hydroxyl groups is 2. The molecule has 27 heavy (non-hydrogen) atoms. The van der Waals surface area contributed by atoms with Gasteiger partial charge in [-0.25, -0.2) is 0 Å². The molecule has 1 aliphatic carbocycles. The van der Waals surface area contributed by atoms with Crippen LogP contribution in [0.1, 0.15) is 93.2 Å². The molecule has 2 aromatic carbocycles. The van der Waals surface area contributed by atoms with E-state index >= 15 is 0 Å². The number of hydrogen-bond acceptors (Lipinski definition) is 2. The molecule has 146 valence electrons. The van der Waals surface area contributed by atoms with Gasteiger partial charge in [-0.3, -0.25) is 0 Å². The first-order valence-electron chi connectivity index (χ1n) is 10.8. The van der Waals surface area contributed by atoms with Crippen LogP contribution < -0.4 is 0 Å². The van der Waals surface area contributed by atoms with Crippen LogP contribution in [-0.4, -0.2) is 10.2 Å². The molecule has 0 radical (unpaired) electrons. The zero-order valence-electron chi connectivity index (χ0n) is 16.7. The van der Waals surface area contributed by atoms with Gasteiger partial charge in [-0.2, -0.15) is 0 Å². The van der Waals surface area contributed by atoms with Crippen molar-refractivity contribution < 1.29 is 10.2 Å². The second-order valence-electron chi connectivity index (χ2n) is 8.16. The van der Waals surface area contributed by atoms with Crippen LogP contribution in [0.2, 0.25) is 0 Å². The largest absolute Gasteiger partial charge is 0.508 e. The molecule has 0 bridgehead atoms. The van der Waals surface area contributed by atoms with Gasteiger partial charge in [-0.05, 0) is 79.2 Å². The molecule has 0 unspecified atom stereocenters. The lowest BCUT2D eigenvalue weighted by Gasteiger charge is -2.30. The number of unbranched alkanes of at least 4 members (excludes halogenated alkanes) is 4. The smallest absolute Gasteiger partial charge is 0.122 e. The summed E-state index contributed by atoms with van der Waals surface area (Å²) >= 11 is 0. The fourth-order valence-electron chi connectivity index (χ4n) is 4.55. The Balaban J connectivity index is 1.57. The molecule has 0 aromatic heterocycles. The summed E-state index contributed by atoms with van der Waals surface area (Å²) in [5.74, 6) is 1.94. The van der Waals surface area contributed by atoms with E-state index in [1.54, 1.807) is 12.1 Å². The highest BCUT2D eigenvalue weighted by atomic mass is 16.3. The van der Waals surface area contributed by atoms with Gasteiger partial charge < -0.3 is 10.2 Å². The van der Waals surface area contributed by atoms with Crippen molar-refractivity contribution in [3.63, 3.8) is 0 Å². The third-order valence-corrected chi connectivity index (χ3v) is 6.23. The maximum absolute atomic E-state index is 10.8. The first-order chi connectivity index (χ1) is 13.2. The van der Waals surface area contributed by atoms with Gasteiger partial charge in [0.2, 0.25) is 0 Å². The van der Waals surface area contributed by atoms with Crippen molar-refractivity contribution in [2.45, 2.75) is 83.0 Å². The number of phenols is 2. The fourth-order valence-corrected chi connectivity index (χ4v) is 4.55. The van der Waals surface area contributed by atoms with Gasteiger partial charge in [0.25, 0.3) is 0 Å². The summed E-state index contributed by atoms with van der Waals surface area (Å²) in [4.78, 5) is 0. The van der Waals surface area contributed by atoms with E-state index in [0.29, 0.717) is 23.3 Å². The molecule has 2 aromatic rings. The van der Waals surface area contributed by atoms with Gasteiger partial charge in [-0.15, -0.1) is 0 Å². The van der Waals surface area contributed by atoms with Crippen molar-refractivity contribution in [1.82, 2.24) is 0 Å². The van der Waals surface area contributed by atoms with Crippen molar-refractivity contribution in [3.05, 3.63) is 59.2 Å². The van der Waals surface area contributed by atoms with Crippen LogP contribution in [0.5, 0.6) is 11.5 Å². The Bertz CT molecular complexity index is 697. The van der Waals surface area contributed by atoms with E-state index < -0.39 is 0 Å². The Hall–Kier alpha value is -1.96. The highest BCUT2D eigenvalue weighted by Crippen LogP contribution is 2.43. The molecule has 0 saturated heterocycles. The fraction of sp³-hybridized carbons (Fsp3) is 0.520. The minimum Gasteiger partial charge on any atom is -0.508 e. The lowest BCUT2D eigenvalue weighted by Crippen LogP contribution is -2.12. The molecular formula is C25H34O2. The Morgan fingerprint density at radius 1 is 0.778 bits per heavy atom. The second-order valence-corrected chi connectivity index (χ2v) is 8.16. The van der Waals surface area contributed by atoms with Crippen LogP contribution in [0, 0.1) is 0 Å². The normalized spacial score (nSPS) is 19.9. The predicted octanol–water partition coefficient (Wildman–Crippen LogP) is 7.05. The van der Waals surface area contributed by atoms with Crippen LogP contribution in [0.4, 0.5) is 0 Å². The van der Waals surface area contributed by atoms with E-state index in [1.165, 1.54) is 37.7 Å². The van der Waals surface area contributed by atoms with Gasteiger partial charge in [0.15, 0.2) is 0 Å². The first-order valence-corrected chi connectivity index (χ1v) is 10.8. The molecule has 0 aliphatic heterocycles. The van der Waals surface area contributed by atoms with Crippen LogP contribution >= 0.6 is 0 Å². The number of hydrogen-bond donors (Lipinski definition) is 2. The number of aryl methyl sites for hydroxylation is 1. The van der Waals surface area contributed by atoms with Crippen molar-refractivity contribution in [2.75, 3.05) is 0 Å². The zero-order chi connectivity index (χ0) is 19.1. The van der Waals surface area contributed by atoms with Crippen LogP contribution in [0.15, 0.2) is 42.5 Å². The molecule has 3 rings (SSSR count). The first kappa shape index (κ1) is 19.8. The predicted molar refractivity (Wildman–Crippen MR) is 113 cm³/mol. The Labute approximate surface area is 164 Å². The zero-order valence-corrected chi connectivity index (χ0v) is 16.7. The quantitative estimate of drug-likeness (QED) is 0.491. The molecule has 2 N–H and O–H groups in total. The van der Waals surface area contributed by atoms with Gasteiger partial charge in [0, 0.05) is 0 Å². The average Bonchev–Trinajstić information content (AvgIpc) is 2.70. The summed E-state index contributed by atoms with van der Waals surface area (Å²) < 4.78 is 0. The van der Waals surface area contributed by atoms with E-state index in [1.807, 2.05) is 0 Å². The Morgan fingerprint density at radius 2 is 1.44 bits per heavy atom. The number of phenolic OH excluding ortho intramolecular Hbond substituents is 2. The van der Waals surface area contributed by atoms with Crippen LogP contribution in [0.25, 0.3) is 0 Å². The summed E-state index contributed by atoms with van der Waals surface area (Å²) in [7, 11) is 0. The summed E-state index contributed by atoms with van der Waals surface area (Å²) in [5, 5.41) is 20.3. The number of benzene rings is 2. The minimum atomic E-state index is 0.337. The van der Waals surface area contributed by atoms with Crippen molar-refractivity contribution in [2.24, 2.45) is 0 Å². The van der Waals surface area contributed by atoms with Gasteiger partial charge in [0.05, 0.1) is 0 Å². The Kier molecular flexibility index (Phi) is 7.20. The number of rotatable bonds is 8. The average molecular weight is 367 g/mol. The molecule has 2 nitrogen and oxygen atoms in total. The molecule has 2 heteroatoms.